The number of hydrogen-bond donors (Lipinski definition) is 1. The lowest BCUT2D eigenvalue weighted by atomic mass is 9.95. The highest BCUT2D eigenvalue weighted by molar-refractivity contribution is 5.98. The number of nitrogen functional groups attached to an aromatic ring is 1. The third-order valence-corrected chi connectivity index (χ3v) is 5.89. The first-order valence-electron chi connectivity index (χ1n) is 11.3. The highest BCUT2D eigenvalue weighted by Gasteiger charge is 2.31. The van der Waals surface area contributed by atoms with Crippen LogP contribution in [0.3, 0.4) is 0 Å². The van der Waals surface area contributed by atoms with Crippen LogP contribution in [0, 0.1) is 17.8 Å². The third kappa shape index (κ3) is 4.80. The topological polar surface area (TPSA) is 104 Å². The Bertz CT molecular complexity index is 1350. The molecular formula is C25H28FN7O2. The van der Waals surface area contributed by atoms with Crippen molar-refractivity contribution < 1.29 is 13.9 Å². The van der Waals surface area contributed by atoms with E-state index >= 15 is 0 Å². The molecule has 9 nitrogen and oxygen atoms in total. The largest absolute Gasteiger partial charge is 0.497 e. The SMILES string of the molecule is [C-]#[N+]/C(=C\C(C)(C)C)C(=O)N1CCC[C@@H](n2nc(-c3cc(OC)ccc3F)c3c(N)ncnc32)C1. The molecule has 0 bridgehead atoms. The van der Waals surface area contributed by atoms with Crippen molar-refractivity contribution in [2.45, 2.75) is 39.7 Å². The van der Waals surface area contributed by atoms with Gasteiger partial charge in [0.15, 0.2) is 5.65 Å². The average molecular weight is 478 g/mol. The van der Waals surface area contributed by atoms with E-state index in [4.69, 9.17) is 22.1 Å². The fourth-order valence-electron chi connectivity index (χ4n) is 4.30. The molecule has 3 heterocycles. The Kier molecular flexibility index (Phi) is 6.43. The van der Waals surface area contributed by atoms with Crippen molar-refractivity contribution in [2.75, 3.05) is 25.9 Å². The first-order valence-corrected chi connectivity index (χ1v) is 11.3. The van der Waals surface area contributed by atoms with Gasteiger partial charge in [0.05, 0.1) is 25.1 Å². The number of halogens is 1. The number of rotatable bonds is 4. The molecule has 3 aromatic rings. The maximum absolute atomic E-state index is 14.9. The molecule has 35 heavy (non-hydrogen) atoms. The molecule has 0 spiro atoms. The van der Waals surface area contributed by atoms with E-state index in [1.165, 1.54) is 25.6 Å². The Hall–Kier alpha value is -4.00. The molecule has 0 aliphatic carbocycles. The molecule has 1 fully saturated rings. The number of fused-ring (bicyclic) bond motifs is 1. The number of amides is 1. The monoisotopic (exact) mass is 477 g/mol. The highest BCUT2D eigenvalue weighted by atomic mass is 19.1. The van der Waals surface area contributed by atoms with Crippen LogP contribution in [0.2, 0.25) is 0 Å². The number of piperidine rings is 1. The van der Waals surface area contributed by atoms with Gasteiger partial charge in [-0.15, -0.1) is 0 Å². The lowest BCUT2D eigenvalue weighted by Crippen LogP contribution is -2.41. The summed E-state index contributed by atoms with van der Waals surface area (Å²) in [5.74, 6) is -0.115. The van der Waals surface area contributed by atoms with Crippen molar-refractivity contribution in [1.82, 2.24) is 24.6 Å². The molecule has 1 aliphatic rings. The van der Waals surface area contributed by atoms with Crippen molar-refractivity contribution in [3.05, 3.63) is 53.5 Å². The molecule has 1 aliphatic heterocycles. The average Bonchev–Trinajstić information content (AvgIpc) is 3.23. The fraction of sp³-hybridized carbons (Fsp3) is 0.400. The lowest BCUT2D eigenvalue weighted by molar-refractivity contribution is -0.128. The lowest BCUT2D eigenvalue weighted by Gasteiger charge is -2.33. The summed E-state index contributed by atoms with van der Waals surface area (Å²) in [7, 11) is 1.50. The van der Waals surface area contributed by atoms with Crippen LogP contribution >= 0.6 is 0 Å². The number of nitrogens with two attached hydrogens (primary N) is 1. The molecule has 1 amide bonds. The smallest absolute Gasteiger partial charge is 0.252 e. The molecule has 1 saturated heterocycles. The Labute approximate surface area is 203 Å². The van der Waals surface area contributed by atoms with E-state index in [-0.39, 0.29) is 34.4 Å². The van der Waals surface area contributed by atoms with Crippen LogP contribution in [0.25, 0.3) is 27.1 Å². The summed E-state index contributed by atoms with van der Waals surface area (Å²) < 4.78 is 21.8. The minimum absolute atomic E-state index is 0.106. The molecule has 2 N–H and O–H groups in total. The number of carbonyl (C=O) groups excluding carboxylic acids is 1. The Balaban J connectivity index is 1.76. The fourth-order valence-corrected chi connectivity index (χ4v) is 4.30. The Morgan fingerprint density at radius 3 is 2.80 bits per heavy atom. The summed E-state index contributed by atoms with van der Waals surface area (Å²) in [6.45, 7) is 14.2. The van der Waals surface area contributed by atoms with Gasteiger partial charge in [0.1, 0.15) is 29.4 Å². The summed E-state index contributed by atoms with van der Waals surface area (Å²) >= 11 is 0. The van der Waals surface area contributed by atoms with Crippen LogP contribution in [-0.4, -0.2) is 50.8 Å². The minimum Gasteiger partial charge on any atom is -0.497 e. The zero-order valence-electron chi connectivity index (χ0n) is 20.2. The van der Waals surface area contributed by atoms with Gasteiger partial charge < -0.3 is 15.4 Å². The molecule has 4 rings (SSSR count). The second-order valence-electron chi connectivity index (χ2n) is 9.65. The van der Waals surface area contributed by atoms with Gasteiger partial charge in [0, 0.05) is 18.7 Å². The Morgan fingerprint density at radius 2 is 2.11 bits per heavy atom. The zero-order chi connectivity index (χ0) is 25.3. The first-order chi connectivity index (χ1) is 16.6. The third-order valence-electron chi connectivity index (χ3n) is 5.89. The van der Waals surface area contributed by atoms with Gasteiger partial charge in [-0.3, -0.25) is 4.79 Å². The first kappa shape index (κ1) is 24.1. The van der Waals surface area contributed by atoms with Gasteiger partial charge in [-0.05, 0) is 36.5 Å². The van der Waals surface area contributed by atoms with Gasteiger partial charge in [0.25, 0.3) is 5.91 Å². The van der Waals surface area contributed by atoms with Crippen molar-refractivity contribution in [1.29, 1.82) is 0 Å². The second kappa shape index (κ2) is 9.33. The second-order valence-corrected chi connectivity index (χ2v) is 9.65. The van der Waals surface area contributed by atoms with E-state index in [0.29, 0.717) is 35.6 Å². The number of methoxy groups -OCH3 is 1. The number of allylic oxidation sites excluding steroid dienone is 1. The van der Waals surface area contributed by atoms with Crippen LogP contribution in [0.1, 0.15) is 39.7 Å². The van der Waals surface area contributed by atoms with Crippen molar-refractivity contribution in [2.24, 2.45) is 5.41 Å². The van der Waals surface area contributed by atoms with Gasteiger partial charge >= 0.3 is 0 Å². The predicted molar refractivity (Wildman–Crippen MR) is 131 cm³/mol. The van der Waals surface area contributed by atoms with Crippen molar-refractivity contribution >= 4 is 22.8 Å². The van der Waals surface area contributed by atoms with Crippen LogP contribution in [0.5, 0.6) is 5.75 Å². The number of aromatic nitrogens is 4. The number of nitrogens with zero attached hydrogens (tertiary/aromatic N) is 6. The number of carbonyl (C=O) groups is 1. The van der Waals surface area contributed by atoms with Crippen LogP contribution in [-0.2, 0) is 4.79 Å². The van der Waals surface area contributed by atoms with Gasteiger partial charge in [-0.2, -0.15) is 5.10 Å². The zero-order valence-corrected chi connectivity index (χ0v) is 20.2. The number of hydrogen-bond acceptors (Lipinski definition) is 6. The molecule has 0 saturated carbocycles. The van der Waals surface area contributed by atoms with Gasteiger partial charge in [-0.1, -0.05) is 26.8 Å². The van der Waals surface area contributed by atoms with Crippen LogP contribution < -0.4 is 10.5 Å². The number of benzene rings is 1. The van der Waals surface area contributed by atoms with E-state index in [1.807, 2.05) is 20.8 Å². The number of likely N-dealkylation sites (tertiary alicyclic amines) is 1. The van der Waals surface area contributed by atoms with Gasteiger partial charge in [0.2, 0.25) is 5.70 Å². The molecule has 0 radical (unpaired) electrons. The molecule has 10 heteroatoms. The van der Waals surface area contributed by atoms with Gasteiger partial charge in [-0.25, -0.2) is 23.9 Å². The number of anilines is 1. The normalized spacial score (nSPS) is 16.9. The molecule has 182 valence electrons. The van der Waals surface area contributed by atoms with Crippen molar-refractivity contribution in [3.63, 3.8) is 0 Å². The summed E-state index contributed by atoms with van der Waals surface area (Å²) in [5.41, 5.74) is 6.99. The molecule has 2 aromatic heterocycles. The molecule has 1 aromatic carbocycles. The number of ether oxygens (including phenoxy) is 1. The quantitative estimate of drug-likeness (QED) is 0.445. The summed E-state index contributed by atoms with van der Waals surface area (Å²) in [5, 5.41) is 5.17. The Morgan fingerprint density at radius 1 is 1.34 bits per heavy atom. The maximum Gasteiger partial charge on any atom is 0.252 e. The van der Waals surface area contributed by atoms with E-state index in [0.717, 1.165) is 12.8 Å². The molecule has 0 unspecified atom stereocenters. The molecule has 1 atom stereocenters. The van der Waals surface area contributed by atoms with E-state index in [9.17, 15) is 9.18 Å². The standard InChI is InChI=1S/C25H28FN7O2/c1-25(2,3)12-19(28-4)24(34)32-10-6-7-15(13-32)33-23-20(22(27)29-14-30-23)21(31-33)17-11-16(35-5)8-9-18(17)26/h8-9,11-12,14-15H,6-7,10,13H2,1-3,5H3,(H2,27,29,30)/b19-12-/t15-/m1/s1. The predicted octanol–water partition coefficient (Wildman–Crippen LogP) is 4.24. The van der Waals surface area contributed by atoms with E-state index in [2.05, 4.69) is 14.8 Å². The van der Waals surface area contributed by atoms with Crippen LogP contribution in [0.4, 0.5) is 10.2 Å². The van der Waals surface area contributed by atoms with E-state index in [1.54, 1.807) is 21.7 Å². The summed E-state index contributed by atoms with van der Waals surface area (Å²) in [4.78, 5) is 26.8. The highest BCUT2D eigenvalue weighted by Crippen LogP contribution is 2.36. The summed E-state index contributed by atoms with van der Waals surface area (Å²) in [6.07, 6.45) is 4.51. The van der Waals surface area contributed by atoms with Crippen LogP contribution in [0.15, 0.2) is 36.3 Å². The summed E-state index contributed by atoms with van der Waals surface area (Å²) in [6, 6.07) is 4.17. The minimum atomic E-state index is -0.477. The molecular weight excluding hydrogens is 449 g/mol. The maximum atomic E-state index is 14.9. The van der Waals surface area contributed by atoms with E-state index < -0.39 is 5.82 Å². The van der Waals surface area contributed by atoms with Crippen molar-refractivity contribution in [3.8, 4) is 17.0 Å².